The number of halogens is 1. The molecule has 3 rings (SSSR count). The third kappa shape index (κ3) is 3.08. The smallest absolute Gasteiger partial charge is 0.329 e. The van der Waals surface area contributed by atoms with E-state index in [-0.39, 0.29) is 22.3 Å². The number of hydrogen-bond acceptors (Lipinski definition) is 6. The molecule has 1 aromatic heterocycles. The van der Waals surface area contributed by atoms with Crippen LogP contribution in [0.25, 0.3) is 0 Å². The van der Waals surface area contributed by atoms with E-state index in [0.29, 0.717) is 19.3 Å². The minimum absolute atomic E-state index is 0.0317. The summed E-state index contributed by atoms with van der Waals surface area (Å²) in [7, 11) is 0. The van der Waals surface area contributed by atoms with Crippen LogP contribution >= 0.6 is 11.6 Å². The van der Waals surface area contributed by atoms with Crippen molar-refractivity contribution in [2.24, 2.45) is 0 Å². The van der Waals surface area contributed by atoms with Crippen LogP contribution in [-0.2, 0) is 0 Å². The Morgan fingerprint density at radius 3 is 2.48 bits per heavy atom. The number of nitro groups is 1. The van der Waals surface area contributed by atoms with Gasteiger partial charge in [-0.2, -0.15) is 4.98 Å². The van der Waals surface area contributed by atoms with Crippen molar-refractivity contribution < 1.29 is 10.0 Å². The molecule has 8 heteroatoms. The van der Waals surface area contributed by atoms with E-state index in [2.05, 4.69) is 15.3 Å². The molecule has 0 amide bonds. The highest BCUT2D eigenvalue weighted by Crippen LogP contribution is 2.52. The summed E-state index contributed by atoms with van der Waals surface area (Å²) >= 11 is 5.70. The molecule has 21 heavy (non-hydrogen) atoms. The maximum Gasteiger partial charge on any atom is 0.329 e. The second-order valence-corrected chi connectivity index (χ2v) is 5.77. The van der Waals surface area contributed by atoms with E-state index in [1.54, 1.807) is 0 Å². The van der Waals surface area contributed by atoms with Crippen LogP contribution in [0, 0.1) is 10.1 Å². The Morgan fingerprint density at radius 2 is 2.00 bits per heavy atom. The Labute approximate surface area is 127 Å². The van der Waals surface area contributed by atoms with Gasteiger partial charge in [0.2, 0.25) is 11.1 Å². The molecule has 0 spiro atoms. The molecule has 1 aromatic rings. The molecule has 0 radical (unpaired) electrons. The Balaban J connectivity index is 0.000000774. The lowest BCUT2D eigenvalue weighted by Gasteiger charge is -2.27. The summed E-state index contributed by atoms with van der Waals surface area (Å²) in [6, 6.07) is 0. The van der Waals surface area contributed by atoms with E-state index in [1.807, 2.05) is 13.8 Å². The number of rotatable bonds is 3. The number of anilines is 1. The van der Waals surface area contributed by atoms with Gasteiger partial charge in [0.1, 0.15) is 6.20 Å². The van der Waals surface area contributed by atoms with E-state index in [0.717, 1.165) is 19.0 Å². The van der Waals surface area contributed by atoms with Crippen LogP contribution in [0.5, 0.6) is 0 Å². The molecule has 0 aromatic carbocycles. The molecule has 2 N–H and O–H groups in total. The molecule has 2 bridgehead atoms. The first-order valence-corrected chi connectivity index (χ1v) is 7.47. The molecule has 2 fully saturated rings. The second-order valence-electron chi connectivity index (χ2n) is 5.44. The zero-order valence-electron chi connectivity index (χ0n) is 12.1. The molecule has 0 saturated heterocycles. The zero-order valence-corrected chi connectivity index (χ0v) is 12.9. The van der Waals surface area contributed by atoms with Gasteiger partial charge >= 0.3 is 5.69 Å². The summed E-state index contributed by atoms with van der Waals surface area (Å²) in [5, 5.41) is 24.2. The van der Waals surface area contributed by atoms with Gasteiger partial charge in [0, 0.05) is 5.54 Å². The molecule has 116 valence electrons. The van der Waals surface area contributed by atoms with E-state index in [1.165, 1.54) is 0 Å². The fourth-order valence-corrected chi connectivity index (χ4v) is 3.31. The van der Waals surface area contributed by atoms with Crippen molar-refractivity contribution in [1.29, 1.82) is 0 Å². The van der Waals surface area contributed by atoms with E-state index >= 15 is 0 Å². The van der Waals surface area contributed by atoms with Gasteiger partial charge in [0.15, 0.2) is 0 Å². The highest BCUT2D eigenvalue weighted by molar-refractivity contribution is 6.28. The third-order valence-electron chi connectivity index (χ3n) is 4.13. The van der Waals surface area contributed by atoms with Crippen LogP contribution in [-0.4, -0.2) is 31.1 Å². The number of nitrogens with one attached hydrogen (secondary N) is 1. The Morgan fingerprint density at radius 1 is 1.38 bits per heavy atom. The fraction of sp³-hybridized carbons (Fsp3) is 0.692. The minimum atomic E-state index is -0.626. The standard InChI is InChI=1S/C11H13ClN4O3.C2H6/c12-9-13-5-7(16(18)19)8(14-9)15-10-1-3-11(17,6-10)4-2-10;1-2/h5,17H,1-4,6H2,(H,13,14,15);1-2H3. The Bertz CT molecular complexity index is 544. The van der Waals surface area contributed by atoms with Gasteiger partial charge in [-0.15, -0.1) is 0 Å². The largest absolute Gasteiger partial charge is 0.390 e. The van der Waals surface area contributed by atoms with Crippen LogP contribution in [0.15, 0.2) is 6.20 Å². The molecule has 2 saturated carbocycles. The molecular weight excluding hydrogens is 296 g/mol. The average Bonchev–Trinajstić information content (AvgIpc) is 2.94. The average molecular weight is 315 g/mol. The molecular formula is C13H19ClN4O3. The molecule has 7 nitrogen and oxygen atoms in total. The third-order valence-corrected chi connectivity index (χ3v) is 4.31. The SMILES string of the molecule is CC.O=[N+]([O-])c1cnc(Cl)nc1NC12CCC(O)(CC1)C2. The second kappa shape index (κ2) is 5.73. The number of aliphatic hydroxyl groups is 1. The lowest BCUT2D eigenvalue weighted by Crippen LogP contribution is -2.33. The van der Waals surface area contributed by atoms with Crippen LogP contribution in [0.4, 0.5) is 11.5 Å². The predicted molar refractivity (Wildman–Crippen MR) is 79.4 cm³/mol. The van der Waals surface area contributed by atoms with Crippen molar-refractivity contribution >= 4 is 23.1 Å². The minimum Gasteiger partial charge on any atom is -0.390 e. The highest BCUT2D eigenvalue weighted by Gasteiger charge is 2.54. The molecule has 0 atom stereocenters. The zero-order chi connectivity index (χ0) is 15.7. The number of fused-ring (bicyclic) bond motifs is 2. The van der Waals surface area contributed by atoms with Crippen LogP contribution in [0.2, 0.25) is 5.28 Å². The van der Waals surface area contributed by atoms with Crippen molar-refractivity contribution in [3.63, 3.8) is 0 Å². The van der Waals surface area contributed by atoms with Gasteiger partial charge in [0.05, 0.1) is 10.5 Å². The van der Waals surface area contributed by atoms with Crippen molar-refractivity contribution in [2.45, 2.75) is 57.1 Å². The monoisotopic (exact) mass is 314 g/mol. The summed E-state index contributed by atoms with van der Waals surface area (Å²) in [4.78, 5) is 18.0. The molecule has 0 unspecified atom stereocenters. The van der Waals surface area contributed by atoms with E-state index in [4.69, 9.17) is 11.6 Å². The maximum atomic E-state index is 11.0. The first kappa shape index (κ1) is 15.9. The van der Waals surface area contributed by atoms with Crippen LogP contribution < -0.4 is 5.32 Å². The number of aromatic nitrogens is 2. The quantitative estimate of drug-likeness (QED) is 0.505. The summed E-state index contributed by atoms with van der Waals surface area (Å²) < 4.78 is 0. The van der Waals surface area contributed by atoms with Crippen molar-refractivity contribution in [2.75, 3.05) is 5.32 Å². The number of nitrogens with zero attached hydrogens (tertiary/aromatic N) is 3. The van der Waals surface area contributed by atoms with E-state index in [9.17, 15) is 15.2 Å². The topological polar surface area (TPSA) is 101 Å². The summed E-state index contributed by atoms with van der Waals surface area (Å²) in [5.41, 5.74) is -1.13. The maximum absolute atomic E-state index is 11.0. The predicted octanol–water partition coefficient (Wildman–Crippen LogP) is 2.92. The Kier molecular flexibility index (Phi) is 4.34. The van der Waals surface area contributed by atoms with Gasteiger partial charge in [-0.05, 0) is 43.7 Å². The van der Waals surface area contributed by atoms with Gasteiger partial charge < -0.3 is 10.4 Å². The molecule has 1 heterocycles. The first-order chi connectivity index (χ1) is 9.91. The molecule has 2 aliphatic rings. The molecule has 0 aliphatic heterocycles. The van der Waals surface area contributed by atoms with Crippen molar-refractivity contribution in [3.05, 3.63) is 21.6 Å². The van der Waals surface area contributed by atoms with Crippen LogP contribution in [0.1, 0.15) is 46.0 Å². The Hall–Kier alpha value is -1.47. The van der Waals surface area contributed by atoms with Gasteiger partial charge in [0.25, 0.3) is 0 Å². The fourth-order valence-electron chi connectivity index (χ4n) is 3.18. The summed E-state index contributed by atoms with van der Waals surface area (Å²) in [6.45, 7) is 4.00. The van der Waals surface area contributed by atoms with Crippen molar-refractivity contribution in [1.82, 2.24) is 9.97 Å². The van der Waals surface area contributed by atoms with Crippen LogP contribution in [0.3, 0.4) is 0 Å². The van der Waals surface area contributed by atoms with Gasteiger partial charge in [-0.3, -0.25) is 10.1 Å². The van der Waals surface area contributed by atoms with Gasteiger partial charge in [-0.1, -0.05) is 13.8 Å². The first-order valence-electron chi connectivity index (χ1n) is 7.09. The molecule has 2 aliphatic carbocycles. The highest BCUT2D eigenvalue weighted by atomic mass is 35.5. The van der Waals surface area contributed by atoms with Crippen molar-refractivity contribution in [3.8, 4) is 0 Å². The summed E-state index contributed by atoms with van der Waals surface area (Å²) in [5.74, 6) is 0.135. The lowest BCUT2D eigenvalue weighted by molar-refractivity contribution is -0.384. The number of hydrogen-bond donors (Lipinski definition) is 2. The van der Waals surface area contributed by atoms with Gasteiger partial charge in [-0.25, -0.2) is 4.98 Å². The summed E-state index contributed by atoms with van der Waals surface area (Å²) in [6.07, 6.45) is 4.69. The normalized spacial score (nSPS) is 29.7. The van der Waals surface area contributed by atoms with E-state index < -0.39 is 10.5 Å². The lowest BCUT2D eigenvalue weighted by atomic mass is 9.93.